The van der Waals surface area contributed by atoms with E-state index in [2.05, 4.69) is 10.1 Å². The van der Waals surface area contributed by atoms with Crippen LogP contribution in [0.3, 0.4) is 0 Å². The molecule has 1 aromatic rings. The minimum Gasteiger partial charge on any atom is -0.465 e. The first-order valence-corrected chi connectivity index (χ1v) is 4.65. The molecule has 0 unspecified atom stereocenters. The van der Waals surface area contributed by atoms with Crippen molar-refractivity contribution < 1.29 is 14.3 Å². The van der Waals surface area contributed by atoms with Crippen LogP contribution in [0.5, 0.6) is 0 Å². The molecule has 15 heavy (non-hydrogen) atoms. The van der Waals surface area contributed by atoms with Gasteiger partial charge in [-0.3, -0.25) is 4.79 Å². The van der Waals surface area contributed by atoms with Crippen molar-refractivity contribution in [2.24, 2.45) is 0 Å². The van der Waals surface area contributed by atoms with E-state index in [0.29, 0.717) is 17.7 Å². The highest BCUT2D eigenvalue weighted by Gasteiger charge is 2.06. The van der Waals surface area contributed by atoms with E-state index < -0.39 is 5.97 Å². The summed E-state index contributed by atoms with van der Waals surface area (Å²) in [6.45, 7) is 1.76. The highest BCUT2D eigenvalue weighted by Crippen LogP contribution is 2.11. The van der Waals surface area contributed by atoms with Crippen LogP contribution in [-0.2, 0) is 9.53 Å². The second-order valence-corrected chi connectivity index (χ2v) is 2.97. The summed E-state index contributed by atoms with van der Waals surface area (Å²) >= 11 is 0. The highest BCUT2D eigenvalue weighted by molar-refractivity contribution is 5.94. The molecule has 0 spiro atoms. The molecular formula is C11H13NO3. The lowest BCUT2D eigenvalue weighted by Crippen LogP contribution is -2.10. The molecule has 4 heteroatoms. The molecule has 0 aliphatic carbocycles. The van der Waals surface area contributed by atoms with Crippen LogP contribution < -0.4 is 5.32 Å². The van der Waals surface area contributed by atoms with E-state index in [1.54, 1.807) is 31.2 Å². The molecule has 0 atom stereocenters. The van der Waals surface area contributed by atoms with Gasteiger partial charge in [0.15, 0.2) is 0 Å². The average molecular weight is 207 g/mol. The smallest absolute Gasteiger partial charge is 0.337 e. The summed E-state index contributed by atoms with van der Waals surface area (Å²) < 4.78 is 4.57. The number of hydrogen-bond donors (Lipinski definition) is 1. The minimum atomic E-state index is -0.414. The number of ether oxygens (including phenoxy) is 1. The Morgan fingerprint density at radius 2 is 2.13 bits per heavy atom. The summed E-state index contributed by atoms with van der Waals surface area (Å²) in [5.41, 5.74) is 1.02. The molecule has 0 aliphatic rings. The molecule has 1 rings (SSSR count). The average Bonchev–Trinajstić information content (AvgIpc) is 2.28. The third kappa shape index (κ3) is 3.09. The van der Waals surface area contributed by atoms with Gasteiger partial charge in [0.1, 0.15) is 0 Å². The van der Waals surface area contributed by atoms with Crippen molar-refractivity contribution in [2.45, 2.75) is 13.3 Å². The lowest BCUT2D eigenvalue weighted by molar-refractivity contribution is -0.115. The first-order valence-electron chi connectivity index (χ1n) is 4.65. The number of rotatable bonds is 3. The van der Waals surface area contributed by atoms with Crippen LogP contribution in [0.2, 0.25) is 0 Å². The Labute approximate surface area is 88.2 Å². The van der Waals surface area contributed by atoms with E-state index >= 15 is 0 Å². The van der Waals surface area contributed by atoms with Crippen LogP contribution in [0.25, 0.3) is 0 Å². The van der Waals surface area contributed by atoms with Crippen LogP contribution >= 0.6 is 0 Å². The second kappa shape index (κ2) is 5.14. The summed E-state index contributed by atoms with van der Waals surface area (Å²) in [5.74, 6) is -0.500. The molecular weight excluding hydrogens is 194 g/mol. The maximum Gasteiger partial charge on any atom is 0.337 e. The monoisotopic (exact) mass is 207 g/mol. The van der Waals surface area contributed by atoms with Gasteiger partial charge < -0.3 is 10.1 Å². The summed E-state index contributed by atoms with van der Waals surface area (Å²) in [7, 11) is 1.32. The van der Waals surface area contributed by atoms with E-state index in [1.165, 1.54) is 7.11 Å². The van der Waals surface area contributed by atoms with Crippen LogP contribution in [0.15, 0.2) is 24.3 Å². The van der Waals surface area contributed by atoms with Gasteiger partial charge in [-0.05, 0) is 18.2 Å². The van der Waals surface area contributed by atoms with Gasteiger partial charge in [-0.1, -0.05) is 13.0 Å². The Hall–Kier alpha value is -1.84. The molecule has 0 saturated carbocycles. The number of hydrogen-bond acceptors (Lipinski definition) is 3. The summed E-state index contributed by atoms with van der Waals surface area (Å²) in [5, 5.41) is 2.66. The quantitative estimate of drug-likeness (QED) is 0.769. The number of carbonyl (C=O) groups is 2. The predicted molar refractivity (Wildman–Crippen MR) is 56.7 cm³/mol. The number of esters is 1. The lowest BCUT2D eigenvalue weighted by Gasteiger charge is -2.05. The third-order valence-corrected chi connectivity index (χ3v) is 1.89. The fraction of sp³-hybridized carbons (Fsp3) is 0.273. The first kappa shape index (κ1) is 11.2. The van der Waals surface area contributed by atoms with E-state index in [0.717, 1.165) is 0 Å². The molecule has 0 bridgehead atoms. The van der Waals surface area contributed by atoms with Crippen molar-refractivity contribution in [3.63, 3.8) is 0 Å². The number of amides is 1. The number of anilines is 1. The molecule has 80 valence electrons. The number of methoxy groups -OCH3 is 1. The summed E-state index contributed by atoms with van der Waals surface area (Å²) in [6, 6.07) is 6.63. The van der Waals surface area contributed by atoms with Gasteiger partial charge in [0.2, 0.25) is 5.91 Å². The Morgan fingerprint density at radius 1 is 1.40 bits per heavy atom. The summed E-state index contributed by atoms with van der Waals surface area (Å²) in [6.07, 6.45) is 0.405. The molecule has 1 aromatic carbocycles. The standard InChI is InChI=1S/C11H13NO3/c1-3-10(13)12-9-6-4-5-8(7-9)11(14)15-2/h4-7H,3H2,1-2H3,(H,12,13). The van der Waals surface area contributed by atoms with E-state index in [4.69, 9.17) is 0 Å². The Morgan fingerprint density at radius 3 is 2.73 bits per heavy atom. The maximum absolute atomic E-state index is 11.2. The normalized spacial score (nSPS) is 9.47. The zero-order valence-corrected chi connectivity index (χ0v) is 8.74. The van der Waals surface area contributed by atoms with E-state index in [1.807, 2.05) is 0 Å². The largest absolute Gasteiger partial charge is 0.465 e. The molecule has 0 aromatic heterocycles. The van der Waals surface area contributed by atoms with Crippen LogP contribution in [0.1, 0.15) is 23.7 Å². The van der Waals surface area contributed by atoms with Gasteiger partial charge in [-0.2, -0.15) is 0 Å². The zero-order valence-electron chi connectivity index (χ0n) is 8.74. The predicted octanol–water partition coefficient (Wildman–Crippen LogP) is 1.82. The molecule has 0 heterocycles. The van der Waals surface area contributed by atoms with Crippen molar-refractivity contribution >= 4 is 17.6 Å². The van der Waals surface area contributed by atoms with Crippen molar-refractivity contribution in [2.75, 3.05) is 12.4 Å². The van der Waals surface area contributed by atoms with E-state index in [-0.39, 0.29) is 5.91 Å². The minimum absolute atomic E-state index is 0.0861. The third-order valence-electron chi connectivity index (χ3n) is 1.89. The van der Waals surface area contributed by atoms with E-state index in [9.17, 15) is 9.59 Å². The summed E-state index contributed by atoms with van der Waals surface area (Å²) in [4.78, 5) is 22.3. The van der Waals surface area contributed by atoms with Gasteiger partial charge in [0.05, 0.1) is 12.7 Å². The van der Waals surface area contributed by atoms with Crippen molar-refractivity contribution in [1.82, 2.24) is 0 Å². The Balaban J connectivity index is 2.83. The Kier molecular flexibility index (Phi) is 3.85. The van der Waals surface area contributed by atoms with Crippen LogP contribution in [-0.4, -0.2) is 19.0 Å². The second-order valence-electron chi connectivity index (χ2n) is 2.97. The van der Waals surface area contributed by atoms with Gasteiger partial charge >= 0.3 is 5.97 Å². The molecule has 0 saturated heterocycles. The SMILES string of the molecule is CCC(=O)Nc1cccc(C(=O)OC)c1. The van der Waals surface area contributed by atoms with Gasteiger partial charge in [-0.15, -0.1) is 0 Å². The Bertz CT molecular complexity index is 374. The fourth-order valence-corrected chi connectivity index (χ4v) is 1.09. The lowest BCUT2D eigenvalue weighted by atomic mass is 10.2. The zero-order chi connectivity index (χ0) is 11.3. The topological polar surface area (TPSA) is 55.4 Å². The van der Waals surface area contributed by atoms with Gasteiger partial charge in [0, 0.05) is 12.1 Å². The van der Waals surface area contributed by atoms with Gasteiger partial charge in [-0.25, -0.2) is 4.79 Å². The fourth-order valence-electron chi connectivity index (χ4n) is 1.09. The molecule has 0 fully saturated rings. The number of nitrogens with one attached hydrogen (secondary N) is 1. The number of benzene rings is 1. The van der Waals surface area contributed by atoms with Crippen LogP contribution in [0.4, 0.5) is 5.69 Å². The van der Waals surface area contributed by atoms with Gasteiger partial charge in [0.25, 0.3) is 0 Å². The molecule has 0 radical (unpaired) electrons. The van der Waals surface area contributed by atoms with Crippen molar-refractivity contribution in [3.8, 4) is 0 Å². The molecule has 1 amide bonds. The molecule has 1 N–H and O–H groups in total. The highest BCUT2D eigenvalue weighted by atomic mass is 16.5. The number of carbonyl (C=O) groups excluding carboxylic acids is 2. The van der Waals surface area contributed by atoms with Crippen LogP contribution in [0, 0.1) is 0 Å². The maximum atomic E-state index is 11.2. The molecule has 0 aliphatic heterocycles. The van der Waals surface area contributed by atoms with Crippen molar-refractivity contribution in [3.05, 3.63) is 29.8 Å². The van der Waals surface area contributed by atoms with Crippen molar-refractivity contribution in [1.29, 1.82) is 0 Å². The first-order chi connectivity index (χ1) is 7.17. The molecule has 4 nitrogen and oxygen atoms in total.